The van der Waals surface area contributed by atoms with Gasteiger partial charge in [-0.15, -0.1) is 0 Å². The second kappa shape index (κ2) is 7.19. The molecule has 0 aromatic rings. The zero-order chi connectivity index (χ0) is 11.9. The molecule has 0 spiro atoms. The molecule has 0 aromatic heterocycles. The summed E-state index contributed by atoms with van der Waals surface area (Å²) in [7, 11) is -3.10. The first-order valence-electron chi connectivity index (χ1n) is 5.42. The van der Waals surface area contributed by atoms with Crippen molar-refractivity contribution in [3.05, 3.63) is 0 Å². The summed E-state index contributed by atoms with van der Waals surface area (Å²) < 4.78 is 33.9. The average molecular weight is 238 g/mol. The smallest absolute Gasteiger partial charge is 0.171 e. The maximum atomic E-state index is 11.8. The fourth-order valence-corrected chi connectivity index (χ4v) is 2.53. The molecule has 0 saturated carbocycles. The van der Waals surface area contributed by atoms with Gasteiger partial charge in [-0.05, 0) is 27.2 Å². The van der Waals surface area contributed by atoms with Crippen LogP contribution >= 0.6 is 0 Å². The van der Waals surface area contributed by atoms with E-state index in [0.29, 0.717) is 19.6 Å². The van der Waals surface area contributed by atoms with Gasteiger partial charge in [0.05, 0.1) is 5.25 Å². The Kier molecular flexibility index (Phi) is 7.13. The molecular weight excluding hydrogens is 216 g/mol. The second-order valence-corrected chi connectivity index (χ2v) is 5.85. The molecule has 0 radical (unpaired) electrons. The van der Waals surface area contributed by atoms with Crippen LogP contribution in [-0.2, 0) is 19.3 Å². The van der Waals surface area contributed by atoms with Gasteiger partial charge in [0.1, 0.15) is 5.75 Å². The standard InChI is InChI=1S/C10H22O4S/c1-5-9(4)15(11,12)8-10(13-6-2)14-7-3/h9-10H,5-8H2,1-4H3. The Morgan fingerprint density at radius 1 is 1.07 bits per heavy atom. The van der Waals surface area contributed by atoms with Gasteiger partial charge >= 0.3 is 0 Å². The zero-order valence-corrected chi connectivity index (χ0v) is 10.8. The van der Waals surface area contributed by atoms with Gasteiger partial charge in [-0.1, -0.05) is 6.92 Å². The molecule has 0 aliphatic rings. The Labute approximate surface area is 92.9 Å². The van der Waals surface area contributed by atoms with Crippen molar-refractivity contribution in [2.24, 2.45) is 0 Å². The number of ether oxygens (including phenoxy) is 2. The summed E-state index contributed by atoms with van der Waals surface area (Å²) in [5.41, 5.74) is 0. The Bertz CT molecular complexity index is 242. The third-order valence-corrected chi connectivity index (χ3v) is 4.56. The van der Waals surface area contributed by atoms with Crippen LogP contribution in [0.5, 0.6) is 0 Å². The monoisotopic (exact) mass is 238 g/mol. The maximum Gasteiger partial charge on any atom is 0.171 e. The van der Waals surface area contributed by atoms with Gasteiger partial charge in [0.25, 0.3) is 0 Å². The number of sulfone groups is 1. The van der Waals surface area contributed by atoms with Gasteiger partial charge < -0.3 is 9.47 Å². The normalized spacial score (nSPS) is 14.5. The number of rotatable bonds is 8. The van der Waals surface area contributed by atoms with Gasteiger partial charge in [-0.25, -0.2) is 8.42 Å². The topological polar surface area (TPSA) is 52.6 Å². The molecule has 5 heteroatoms. The highest BCUT2D eigenvalue weighted by atomic mass is 32.2. The van der Waals surface area contributed by atoms with Crippen LogP contribution in [0.2, 0.25) is 0 Å². The molecule has 0 saturated heterocycles. The minimum atomic E-state index is -3.10. The highest BCUT2D eigenvalue weighted by molar-refractivity contribution is 7.92. The van der Waals surface area contributed by atoms with E-state index in [-0.39, 0.29) is 11.0 Å². The lowest BCUT2D eigenvalue weighted by atomic mass is 10.4. The predicted octanol–water partition coefficient (Wildman–Crippen LogP) is 1.60. The van der Waals surface area contributed by atoms with Crippen molar-refractivity contribution in [2.75, 3.05) is 19.0 Å². The van der Waals surface area contributed by atoms with E-state index in [2.05, 4.69) is 0 Å². The summed E-state index contributed by atoms with van der Waals surface area (Å²) in [4.78, 5) is 0. The Balaban J connectivity index is 4.37. The molecule has 0 rings (SSSR count). The van der Waals surface area contributed by atoms with E-state index < -0.39 is 16.1 Å². The molecule has 1 unspecified atom stereocenters. The number of hydrogen-bond donors (Lipinski definition) is 0. The zero-order valence-electron chi connectivity index (χ0n) is 10.0. The lowest BCUT2D eigenvalue weighted by Gasteiger charge is -2.19. The predicted molar refractivity (Wildman–Crippen MR) is 60.6 cm³/mol. The summed E-state index contributed by atoms with van der Waals surface area (Å²) in [5.74, 6) is -0.0519. The summed E-state index contributed by atoms with van der Waals surface area (Å²) in [5, 5.41) is -0.332. The molecule has 0 heterocycles. The molecule has 0 bridgehead atoms. The molecule has 0 fully saturated rings. The molecule has 0 aromatic carbocycles. The van der Waals surface area contributed by atoms with E-state index in [9.17, 15) is 8.42 Å². The Morgan fingerprint density at radius 2 is 1.53 bits per heavy atom. The van der Waals surface area contributed by atoms with E-state index in [1.54, 1.807) is 6.92 Å². The van der Waals surface area contributed by atoms with Gasteiger partial charge in [0, 0.05) is 13.2 Å². The Hall–Kier alpha value is -0.130. The number of hydrogen-bond acceptors (Lipinski definition) is 4. The Morgan fingerprint density at radius 3 is 1.87 bits per heavy atom. The van der Waals surface area contributed by atoms with Crippen LogP contribution in [0.15, 0.2) is 0 Å². The molecule has 0 amide bonds. The molecule has 0 N–H and O–H groups in total. The largest absolute Gasteiger partial charge is 0.352 e. The third kappa shape index (κ3) is 5.49. The van der Waals surface area contributed by atoms with Crippen molar-refractivity contribution in [3.63, 3.8) is 0 Å². The van der Waals surface area contributed by atoms with Crippen LogP contribution in [0.1, 0.15) is 34.1 Å². The van der Waals surface area contributed by atoms with E-state index in [1.807, 2.05) is 20.8 Å². The first-order chi connectivity index (χ1) is 6.97. The van der Waals surface area contributed by atoms with Crippen molar-refractivity contribution < 1.29 is 17.9 Å². The molecule has 0 aliphatic heterocycles. The summed E-state index contributed by atoms with van der Waals surface area (Å²) in [6, 6.07) is 0. The van der Waals surface area contributed by atoms with Crippen molar-refractivity contribution in [2.45, 2.75) is 45.7 Å². The van der Waals surface area contributed by atoms with Crippen LogP contribution in [0.25, 0.3) is 0 Å². The van der Waals surface area contributed by atoms with Crippen molar-refractivity contribution in [1.29, 1.82) is 0 Å². The van der Waals surface area contributed by atoms with E-state index in [4.69, 9.17) is 9.47 Å². The fourth-order valence-electron chi connectivity index (χ4n) is 1.12. The average Bonchev–Trinajstić information content (AvgIpc) is 2.16. The molecule has 4 nitrogen and oxygen atoms in total. The van der Waals surface area contributed by atoms with Crippen molar-refractivity contribution in [1.82, 2.24) is 0 Å². The highest BCUT2D eigenvalue weighted by Crippen LogP contribution is 2.10. The van der Waals surface area contributed by atoms with Crippen LogP contribution in [0.4, 0.5) is 0 Å². The highest BCUT2D eigenvalue weighted by Gasteiger charge is 2.24. The molecular formula is C10H22O4S. The van der Waals surface area contributed by atoms with Gasteiger partial charge in [-0.3, -0.25) is 0 Å². The van der Waals surface area contributed by atoms with Crippen molar-refractivity contribution in [3.8, 4) is 0 Å². The molecule has 92 valence electrons. The molecule has 1 atom stereocenters. The summed E-state index contributed by atoms with van der Waals surface area (Å²) in [6.45, 7) is 8.13. The van der Waals surface area contributed by atoms with Gasteiger partial charge in [0.15, 0.2) is 16.1 Å². The van der Waals surface area contributed by atoms with E-state index in [0.717, 1.165) is 0 Å². The lowest BCUT2D eigenvalue weighted by molar-refractivity contribution is -0.120. The summed E-state index contributed by atoms with van der Waals surface area (Å²) in [6.07, 6.45) is -0.00757. The van der Waals surface area contributed by atoms with E-state index >= 15 is 0 Å². The van der Waals surface area contributed by atoms with Crippen LogP contribution in [0.3, 0.4) is 0 Å². The maximum absolute atomic E-state index is 11.8. The van der Waals surface area contributed by atoms with E-state index in [1.165, 1.54) is 0 Å². The molecule has 0 aliphatic carbocycles. The van der Waals surface area contributed by atoms with Crippen molar-refractivity contribution >= 4 is 9.84 Å². The second-order valence-electron chi connectivity index (χ2n) is 3.39. The fraction of sp³-hybridized carbons (Fsp3) is 1.00. The first kappa shape index (κ1) is 14.9. The van der Waals surface area contributed by atoms with Crippen LogP contribution in [-0.4, -0.2) is 38.9 Å². The minimum Gasteiger partial charge on any atom is -0.352 e. The first-order valence-corrected chi connectivity index (χ1v) is 7.14. The van der Waals surface area contributed by atoms with Crippen LogP contribution in [0, 0.1) is 0 Å². The van der Waals surface area contributed by atoms with Gasteiger partial charge in [0.2, 0.25) is 0 Å². The van der Waals surface area contributed by atoms with Crippen LogP contribution < -0.4 is 0 Å². The quantitative estimate of drug-likeness (QED) is 0.603. The minimum absolute atomic E-state index is 0.0519. The summed E-state index contributed by atoms with van der Waals surface area (Å²) >= 11 is 0. The van der Waals surface area contributed by atoms with Gasteiger partial charge in [-0.2, -0.15) is 0 Å². The molecule has 15 heavy (non-hydrogen) atoms. The lowest BCUT2D eigenvalue weighted by Crippen LogP contribution is -2.32. The third-order valence-electron chi connectivity index (χ3n) is 2.26. The SMILES string of the molecule is CCOC(CS(=O)(=O)C(C)CC)OCC.